The highest BCUT2D eigenvalue weighted by Crippen LogP contribution is 2.36. The van der Waals surface area contributed by atoms with E-state index in [1.54, 1.807) is 12.4 Å². The average Bonchev–Trinajstić information content (AvgIpc) is 2.81. The third kappa shape index (κ3) is 6.17. The normalized spacial score (nSPS) is 16.3. The van der Waals surface area contributed by atoms with Crippen molar-refractivity contribution in [2.24, 2.45) is 0 Å². The summed E-state index contributed by atoms with van der Waals surface area (Å²) in [6.45, 7) is 9.88. The van der Waals surface area contributed by atoms with Crippen LogP contribution in [0.2, 0.25) is 0 Å². The van der Waals surface area contributed by atoms with Gasteiger partial charge in [0.05, 0.1) is 44.3 Å². The Bertz CT molecular complexity index is 869. The van der Waals surface area contributed by atoms with Crippen molar-refractivity contribution in [2.45, 2.75) is 52.0 Å². The maximum Gasteiger partial charge on any atom is 0.316 e. The number of morpholine rings is 1. The smallest absolute Gasteiger partial charge is 0.316 e. The van der Waals surface area contributed by atoms with Crippen LogP contribution in [0.15, 0.2) is 30.6 Å². The Hall–Kier alpha value is -2.71. The summed E-state index contributed by atoms with van der Waals surface area (Å²) in [5.41, 5.74) is 3.91. The molecule has 32 heavy (non-hydrogen) atoms. The standard InChI is InChI=1S/C24H34N4O4/c1-4-17(14-23(29)30)18-7-8-20(22(5-2)28-9-11-31-12-10-28)21(13-18)27-19-15-25-24(26-16-19)32-6-3/h7-8,13,15-17,22,27H,4-6,9-12,14H2,1-3H3,(H,29,30)/t17-,22-/m0/s1. The summed E-state index contributed by atoms with van der Waals surface area (Å²) in [4.78, 5) is 22.3. The molecule has 1 aliphatic heterocycles. The van der Waals surface area contributed by atoms with Crippen molar-refractivity contribution in [2.75, 3.05) is 38.2 Å². The van der Waals surface area contributed by atoms with Crippen molar-refractivity contribution in [3.8, 4) is 6.01 Å². The molecule has 1 fully saturated rings. The van der Waals surface area contributed by atoms with Gasteiger partial charge in [0.25, 0.3) is 0 Å². The number of nitrogens with one attached hydrogen (secondary N) is 1. The van der Waals surface area contributed by atoms with Crippen molar-refractivity contribution >= 4 is 17.3 Å². The highest BCUT2D eigenvalue weighted by molar-refractivity contribution is 5.69. The lowest BCUT2D eigenvalue weighted by Gasteiger charge is -2.35. The second-order valence-electron chi connectivity index (χ2n) is 7.93. The summed E-state index contributed by atoms with van der Waals surface area (Å²) < 4.78 is 10.9. The number of hydrogen-bond acceptors (Lipinski definition) is 7. The second-order valence-corrected chi connectivity index (χ2v) is 7.93. The molecule has 0 aliphatic carbocycles. The molecule has 8 heteroatoms. The summed E-state index contributed by atoms with van der Waals surface area (Å²) >= 11 is 0. The van der Waals surface area contributed by atoms with Gasteiger partial charge in [-0.15, -0.1) is 0 Å². The molecule has 1 saturated heterocycles. The zero-order valence-electron chi connectivity index (χ0n) is 19.2. The molecule has 2 heterocycles. The number of anilines is 2. The molecule has 1 aliphatic rings. The van der Waals surface area contributed by atoms with Gasteiger partial charge in [0, 0.05) is 24.8 Å². The molecule has 2 N–H and O–H groups in total. The van der Waals surface area contributed by atoms with Crippen LogP contribution in [0, 0.1) is 0 Å². The molecule has 0 spiro atoms. The van der Waals surface area contributed by atoms with E-state index in [1.165, 1.54) is 5.56 Å². The molecule has 174 valence electrons. The molecule has 8 nitrogen and oxygen atoms in total. The fourth-order valence-electron chi connectivity index (χ4n) is 4.24. The van der Waals surface area contributed by atoms with Crippen molar-refractivity contribution in [1.82, 2.24) is 14.9 Å². The lowest BCUT2D eigenvalue weighted by Crippen LogP contribution is -2.39. The van der Waals surface area contributed by atoms with E-state index in [4.69, 9.17) is 9.47 Å². The van der Waals surface area contributed by atoms with Crippen LogP contribution in [0.3, 0.4) is 0 Å². The predicted molar refractivity (Wildman–Crippen MR) is 124 cm³/mol. The van der Waals surface area contributed by atoms with E-state index < -0.39 is 5.97 Å². The van der Waals surface area contributed by atoms with Crippen LogP contribution in [-0.2, 0) is 9.53 Å². The summed E-state index contributed by atoms with van der Waals surface area (Å²) in [5, 5.41) is 12.8. The molecule has 0 amide bonds. The van der Waals surface area contributed by atoms with E-state index in [-0.39, 0.29) is 18.4 Å². The van der Waals surface area contributed by atoms with Crippen LogP contribution < -0.4 is 10.1 Å². The first-order valence-corrected chi connectivity index (χ1v) is 11.4. The fraction of sp³-hybridized carbons (Fsp3) is 0.542. The molecule has 1 aromatic heterocycles. The number of aromatic nitrogens is 2. The van der Waals surface area contributed by atoms with Crippen LogP contribution in [0.1, 0.15) is 63.1 Å². The van der Waals surface area contributed by atoms with E-state index in [0.29, 0.717) is 12.6 Å². The predicted octanol–water partition coefficient (Wildman–Crippen LogP) is 4.37. The average molecular weight is 443 g/mol. The Kier molecular flexibility index (Phi) is 8.81. The highest BCUT2D eigenvalue weighted by atomic mass is 16.5. The van der Waals surface area contributed by atoms with Gasteiger partial charge in [-0.3, -0.25) is 9.69 Å². The number of carboxylic acids is 1. The van der Waals surface area contributed by atoms with Gasteiger partial charge in [-0.1, -0.05) is 26.0 Å². The van der Waals surface area contributed by atoms with Crippen molar-refractivity contribution in [3.05, 3.63) is 41.7 Å². The van der Waals surface area contributed by atoms with Crippen molar-refractivity contribution in [1.29, 1.82) is 0 Å². The number of benzene rings is 1. The minimum absolute atomic E-state index is 0.0397. The van der Waals surface area contributed by atoms with Crippen LogP contribution in [0.5, 0.6) is 6.01 Å². The van der Waals surface area contributed by atoms with Crippen LogP contribution in [-0.4, -0.2) is 58.9 Å². The molecule has 0 saturated carbocycles. The summed E-state index contributed by atoms with van der Waals surface area (Å²) in [5.74, 6) is -0.822. The monoisotopic (exact) mass is 442 g/mol. The van der Waals surface area contributed by atoms with Gasteiger partial charge in [0.15, 0.2) is 0 Å². The number of ether oxygens (including phenoxy) is 2. The summed E-state index contributed by atoms with van der Waals surface area (Å²) in [6, 6.07) is 6.89. The fourth-order valence-corrected chi connectivity index (χ4v) is 4.24. The molecule has 3 rings (SSSR count). The van der Waals surface area contributed by atoms with Gasteiger partial charge in [0.2, 0.25) is 0 Å². The Morgan fingerprint density at radius 3 is 2.50 bits per heavy atom. The molecule has 1 aromatic carbocycles. The van der Waals surface area contributed by atoms with Crippen molar-refractivity contribution in [3.63, 3.8) is 0 Å². The SMILES string of the molecule is CCOc1ncc(Nc2cc([C@@H](CC)CC(=O)O)ccc2[C@H](CC)N2CCOCC2)cn1. The summed E-state index contributed by atoms with van der Waals surface area (Å²) in [6.07, 6.45) is 5.25. The maximum atomic E-state index is 11.4. The van der Waals surface area contributed by atoms with Gasteiger partial charge in [-0.25, -0.2) is 9.97 Å². The third-order valence-corrected chi connectivity index (χ3v) is 5.88. The topological polar surface area (TPSA) is 96.8 Å². The van der Waals surface area contributed by atoms with Crippen LogP contribution >= 0.6 is 0 Å². The Balaban J connectivity index is 1.96. The molecule has 2 aromatic rings. The zero-order valence-corrected chi connectivity index (χ0v) is 19.2. The number of carbonyl (C=O) groups is 1. The molecule has 0 radical (unpaired) electrons. The Morgan fingerprint density at radius 2 is 1.91 bits per heavy atom. The number of carboxylic acid groups (broad SMARTS) is 1. The van der Waals surface area contributed by atoms with Crippen LogP contribution in [0.4, 0.5) is 11.4 Å². The van der Waals surface area contributed by atoms with Gasteiger partial charge in [-0.2, -0.15) is 0 Å². The maximum absolute atomic E-state index is 11.4. The Labute approximate surface area is 190 Å². The Morgan fingerprint density at radius 1 is 1.19 bits per heavy atom. The number of rotatable bonds is 11. The third-order valence-electron chi connectivity index (χ3n) is 5.88. The first-order chi connectivity index (χ1) is 15.5. The second kappa shape index (κ2) is 11.8. The first kappa shape index (κ1) is 23.9. The lowest BCUT2D eigenvalue weighted by molar-refractivity contribution is -0.137. The minimum atomic E-state index is -0.782. The van der Waals surface area contributed by atoms with E-state index >= 15 is 0 Å². The zero-order chi connectivity index (χ0) is 22.9. The lowest BCUT2D eigenvalue weighted by atomic mass is 9.90. The van der Waals surface area contributed by atoms with E-state index in [2.05, 4.69) is 45.3 Å². The van der Waals surface area contributed by atoms with E-state index in [9.17, 15) is 9.90 Å². The molecule has 0 unspecified atom stereocenters. The molecule has 2 atom stereocenters. The minimum Gasteiger partial charge on any atom is -0.481 e. The molecular weight excluding hydrogens is 408 g/mol. The molecule has 0 bridgehead atoms. The number of hydrogen-bond donors (Lipinski definition) is 2. The van der Waals surface area contributed by atoms with Crippen molar-refractivity contribution < 1.29 is 19.4 Å². The largest absolute Gasteiger partial charge is 0.481 e. The highest BCUT2D eigenvalue weighted by Gasteiger charge is 2.25. The number of aliphatic carboxylic acids is 1. The van der Waals surface area contributed by atoms with Gasteiger partial charge in [-0.05, 0) is 42.9 Å². The van der Waals surface area contributed by atoms with Gasteiger partial charge in [0.1, 0.15) is 0 Å². The van der Waals surface area contributed by atoms with Crippen LogP contribution in [0.25, 0.3) is 0 Å². The molecular formula is C24H34N4O4. The van der Waals surface area contributed by atoms with E-state index in [0.717, 1.165) is 56.1 Å². The van der Waals surface area contributed by atoms with Gasteiger partial charge < -0.3 is 19.9 Å². The summed E-state index contributed by atoms with van der Waals surface area (Å²) in [7, 11) is 0. The van der Waals surface area contributed by atoms with Gasteiger partial charge >= 0.3 is 12.0 Å². The number of nitrogens with zero attached hydrogens (tertiary/aromatic N) is 3. The first-order valence-electron chi connectivity index (χ1n) is 11.4. The van der Waals surface area contributed by atoms with E-state index in [1.807, 2.05) is 13.8 Å². The quantitative estimate of drug-likeness (QED) is 0.529.